The van der Waals surface area contributed by atoms with Gasteiger partial charge in [0.25, 0.3) is 0 Å². The Morgan fingerprint density at radius 3 is 2.74 bits per heavy atom. The standard InChI is InChI=1S/C13H16ClNO3S/c1-9(13(16)15-12-5-6-12)19(17,18)8-10-3-2-4-11(14)7-10/h2-4,7,9,12H,5-6,8H2,1H3,(H,15,16)/t9-/m1/s1. The summed E-state index contributed by atoms with van der Waals surface area (Å²) in [5, 5.41) is 2.17. The minimum Gasteiger partial charge on any atom is -0.352 e. The first-order valence-electron chi connectivity index (χ1n) is 6.15. The Labute approximate surface area is 118 Å². The second-order valence-corrected chi connectivity index (χ2v) is 7.62. The molecule has 104 valence electrons. The topological polar surface area (TPSA) is 63.2 Å². The fourth-order valence-electron chi connectivity index (χ4n) is 1.69. The maximum atomic E-state index is 12.2. The van der Waals surface area contributed by atoms with Gasteiger partial charge in [-0.1, -0.05) is 23.7 Å². The highest BCUT2D eigenvalue weighted by atomic mass is 35.5. The van der Waals surface area contributed by atoms with E-state index in [1.807, 2.05) is 0 Å². The second-order valence-electron chi connectivity index (χ2n) is 4.86. The molecule has 1 N–H and O–H groups in total. The minimum absolute atomic E-state index is 0.163. The van der Waals surface area contributed by atoms with Crippen LogP contribution in [0.5, 0.6) is 0 Å². The van der Waals surface area contributed by atoms with Gasteiger partial charge in [-0.3, -0.25) is 4.79 Å². The van der Waals surface area contributed by atoms with Crippen LogP contribution in [0.25, 0.3) is 0 Å². The summed E-state index contributed by atoms with van der Waals surface area (Å²) < 4.78 is 24.3. The molecule has 0 spiro atoms. The summed E-state index contributed by atoms with van der Waals surface area (Å²) in [7, 11) is -3.52. The third-order valence-corrected chi connectivity index (χ3v) is 5.35. The molecular weight excluding hydrogens is 286 g/mol. The summed E-state index contributed by atoms with van der Waals surface area (Å²) in [6.07, 6.45) is 1.87. The number of nitrogens with one attached hydrogen (secondary N) is 1. The smallest absolute Gasteiger partial charge is 0.238 e. The molecule has 1 atom stereocenters. The predicted molar refractivity (Wildman–Crippen MR) is 74.7 cm³/mol. The van der Waals surface area contributed by atoms with E-state index in [9.17, 15) is 13.2 Å². The monoisotopic (exact) mass is 301 g/mol. The van der Waals surface area contributed by atoms with Gasteiger partial charge in [0, 0.05) is 11.1 Å². The first-order chi connectivity index (χ1) is 8.88. The molecule has 4 nitrogen and oxygen atoms in total. The van der Waals surface area contributed by atoms with E-state index in [0.717, 1.165) is 12.8 Å². The Morgan fingerprint density at radius 2 is 2.16 bits per heavy atom. The van der Waals surface area contributed by atoms with Gasteiger partial charge in [-0.15, -0.1) is 0 Å². The predicted octanol–water partition coefficient (Wildman–Crippen LogP) is 1.92. The molecule has 0 radical (unpaired) electrons. The number of hydrogen-bond donors (Lipinski definition) is 1. The van der Waals surface area contributed by atoms with Crippen molar-refractivity contribution in [2.45, 2.75) is 36.8 Å². The highest BCUT2D eigenvalue weighted by Crippen LogP contribution is 2.20. The van der Waals surface area contributed by atoms with Crippen molar-refractivity contribution in [1.82, 2.24) is 5.32 Å². The van der Waals surface area contributed by atoms with Gasteiger partial charge in [-0.05, 0) is 37.5 Å². The van der Waals surface area contributed by atoms with Crippen molar-refractivity contribution < 1.29 is 13.2 Å². The van der Waals surface area contributed by atoms with Crippen LogP contribution in [0.2, 0.25) is 5.02 Å². The molecule has 1 amide bonds. The number of sulfone groups is 1. The Hall–Kier alpha value is -1.07. The van der Waals surface area contributed by atoms with Crippen molar-refractivity contribution in [1.29, 1.82) is 0 Å². The van der Waals surface area contributed by atoms with Gasteiger partial charge in [0.15, 0.2) is 9.84 Å². The lowest BCUT2D eigenvalue weighted by Gasteiger charge is -2.13. The minimum atomic E-state index is -3.52. The van der Waals surface area contributed by atoms with E-state index >= 15 is 0 Å². The molecule has 0 heterocycles. The number of benzene rings is 1. The van der Waals surface area contributed by atoms with E-state index in [1.165, 1.54) is 6.92 Å². The Bertz CT molecular complexity index is 581. The van der Waals surface area contributed by atoms with E-state index in [0.29, 0.717) is 10.6 Å². The molecule has 6 heteroatoms. The first-order valence-corrected chi connectivity index (χ1v) is 8.24. The van der Waals surface area contributed by atoms with Crippen molar-refractivity contribution in [3.63, 3.8) is 0 Å². The van der Waals surface area contributed by atoms with Crippen molar-refractivity contribution in [2.75, 3.05) is 0 Å². The molecule has 0 bridgehead atoms. The first kappa shape index (κ1) is 14.3. The third-order valence-electron chi connectivity index (χ3n) is 3.09. The van der Waals surface area contributed by atoms with E-state index in [1.54, 1.807) is 24.3 Å². The van der Waals surface area contributed by atoms with Gasteiger partial charge in [-0.25, -0.2) is 8.42 Å². The van der Waals surface area contributed by atoms with E-state index in [2.05, 4.69) is 5.32 Å². The third kappa shape index (κ3) is 3.94. The fourth-order valence-corrected chi connectivity index (χ4v) is 3.19. The molecule has 0 aliphatic heterocycles. The highest BCUT2D eigenvalue weighted by Gasteiger charge is 2.32. The molecule has 1 aliphatic rings. The largest absolute Gasteiger partial charge is 0.352 e. The van der Waals surface area contributed by atoms with E-state index < -0.39 is 21.0 Å². The molecule has 1 fully saturated rings. The summed E-state index contributed by atoms with van der Waals surface area (Å²) in [5.74, 6) is -0.586. The number of halogens is 1. The van der Waals surface area contributed by atoms with Crippen LogP contribution in [0, 0.1) is 0 Å². The summed E-state index contributed by atoms with van der Waals surface area (Å²) >= 11 is 5.82. The van der Waals surface area contributed by atoms with Crippen molar-refractivity contribution in [3.8, 4) is 0 Å². The molecule has 1 saturated carbocycles. The van der Waals surface area contributed by atoms with Crippen LogP contribution in [0.1, 0.15) is 25.3 Å². The van der Waals surface area contributed by atoms with Gasteiger partial charge in [-0.2, -0.15) is 0 Å². The highest BCUT2D eigenvalue weighted by molar-refractivity contribution is 7.92. The molecule has 0 saturated heterocycles. The summed E-state index contributed by atoms with van der Waals surface area (Å²) in [4.78, 5) is 11.8. The SMILES string of the molecule is C[C@H](C(=O)NC1CC1)S(=O)(=O)Cc1cccc(Cl)c1. The van der Waals surface area contributed by atoms with Crippen LogP contribution in [-0.2, 0) is 20.4 Å². The van der Waals surface area contributed by atoms with Crippen LogP contribution in [0.4, 0.5) is 0 Å². The van der Waals surface area contributed by atoms with Crippen LogP contribution < -0.4 is 5.32 Å². The Balaban J connectivity index is 2.06. The summed E-state index contributed by atoms with van der Waals surface area (Å²) in [6.45, 7) is 1.43. The van der Waals surface area contributed by atoms with Crippen LogP contribution in [0.3, 0.4) is 0 Å². The van der Waals surface area contributed by atoms with Crippen LogP contribution in [0.15, 0.2) is 24.3 Å². The lowest BCUT2D eigenvalue weighted by Crippen LogP contribution is -2.39. The second kappa shape index (κ2) is 5.51. The number of amides is 1. The summed E-state index contributed by atoms with van der Waals surface area (Å²) in [5.41, 5.74) is 0.596. The van der Waals surface area contributed by atoms with Crippen molar-refractivity contribution in [2.24, 2.45) is 0 Å². The van der Waals surface area contributed by atoms with Gasteiger partial charge < -0.3 is 5.32 Å². The van der Waals surface area contributed by atoms with Gasteiger partial charge in [0.05, 0.1) is 5.75 Å². The number of carbonyl (C=O) groups is 1. The molecule has 0 aromatic heterocycles. The average molecular weight is 302 g/mol. The number of hydrogen-bond acceptors (Lipinski definition) is 3. The molecule has 1 aromatic carbocycles. The lowest BCUT2D eigenvalue weighted by molar-refractivity contribution is -0.120. The number of rotatable bonds is 5. The molecule has 19 heavy (non-hydrogen) atoms. The van der Waals surface area contributed by atoms with Crippen LogP contribution in [-0.4, -0.2) is 25.6 Å². The number of carbonyl (C=O) groups excluding carboxylic acids is 1. The molecule has 1 aromatic rings. The zero-order valence-electron chi connectivity index (χ0n) is 10.6. The van der Waals surface area contributed by atoms with E-state index in [-0.39, 0.29) is 11.8 Å². The van der Waals surface area contributed by atoms with Gasteiger partial charge in [0.2, 0.25) is 5.91 Å². The van der Waals surface area contributed by atoms with Crippen molar-refractivity contribution >= 4 is 27.3 Å². The average Bonchev–Trinajstić information content (AvgIpc) is 3.11. The zero-order valence-corrected chi connectivity index (χ0v) is 12.2. The molecule has 1 aliphatic carbocycles. The fraction of sp³-hybridized carbons (Fsp3) is 0.462. The van der Waals surface area contributed by atoms with E-state index in [4.69, 9.17) is 11.6 Å². The molecule has 0 unspecified atom stereocenters. The van der Waals surface area contributed by atoms with Crippen LogP contribution >= 0.6 is 11.6 Å². The zero-order chi connectivity index (χ0) is 14.0. The molecule has 2 rings (SSSR count). The van der Waals surface area contributed by atoms with Gasteiger partial charge >= 0.3 is 0 Å². The Morgan fingerprint density at radius 1 is 1.47 bits per heavy atom. The summed E-state index contributed by atoms with van der Waals surface area (Å²) in [6, 6.07) is 6.83. The Kier molecular flexibility index (Phi) is 4.16. The maximum absolute atomic E-state index is 12.2. The molecular formula is C13H16ClNO3S. The normalized spacial score (nSPS) is 16.9. The van der Waals surface area contributed by atoms with Gasteiger partial charge in [0.1, 0.15) is 5.25 Å². The quantitative estimate of drug-likeness (QED) is 0.904. The maximum Gasteiger partial charge on any atom is 0.238 e. The van der Waals surface area contributed by atoms with Crippen molar-refractivity contribution in [3.05, 3.63) is 34.9 Å². The lowest BCUT2D eigenvalue weighted by atomic mass is 10.2.